The van der Waals surface area contributed by atoms with Crippen LogP contribution >= 0.6 is 23.4 Å². The molecule has 2 aliphatic rings. The quantitative estimate of drug-likeness (QED) is 0.302. The number of ether oxygens (including phenoxy) is 2. The van der Waals surface area contributed by atoms with Crippen molar-refractivity contribution >= 4 is 51.7 Å². The van der Waals surface area contributed by atoms with Crippen molar-refractivity contribution in [3.05, 3.63) is 83.4 Å². The van der Waals surface area contributed by atoms with Crippen molar-refractivity contribution in [3.63, 3.8) is 0 Å². The van der Waals surface area contributed by atoms with Gasteiger partial charge in [-0.2, -0.15) is 0 Å². The Morgan fingerprint density at radius 1 is 1.03 bits per heavy atom. The van der Waals surface area contributed by atoms with E-state index in [0.29, 0.717) is 33.9 Å². The summed E-state index contributed by atoms with van der Waals surface area (Å²) >= 11 is 7.31. The van der Waals surface area contributed by atoms with Crippen LogP contribution in [0.25, 0.3) is 0 Å². The maximum absolute atomic E-state index is 13.1. The van der Waals surface area contributed by atoms with E-state index in [0.717, 1.165) is 11.3 Å². The Bertz CT molecular complexity index is 1270. The highest BCUT2D eigenvalue weighted by Gasteiger charge is 2.41. The third-order valence-electron chi connectivity index (χ3n) is 5.29. The fourth-order valence-electron chi connectivity index (χ4n) is 3.67. The van der Waals surface area contributed by atoms with Crippen LogP contribution < -0.4 is 19.7 Å². The van der Waals surface area contributed by atoms with E-state index in [-0.39, 0.29) is 25.0 Å². The molecule has 5 rings (SSSR count). The van der Waals surface area contributed by atoms with Gasteiger partial charge in [0, 0.05) is 17.1 Å². The molecule has 7 nitrogen and oxygen atoms in total. The van der Waals surface area contributed by atoms with Crippen molar-refractivity contribution in [3.8, 4) is 11.5 Å². The summed E-state index contributed by atoms with van der Waals surface area (Å²) in [6, 6.07) is 22.0. The van der Waals surface area contributed by atoms with E-state index < -0.39 is 5.25 Å². The standard InChI is InChI=1S/C25H20ClN3O4S/c26-17-5-4-8-19(12-17)29-23(30)13-22(24(29)31)34-25(28-18-6-2-1-3-7-18)27-14-16-9-10-20-21(11-16)33-15-32-20/h1-12,22H,13-15H2,(H,27,28)/t22-/m0/s1. The molecule has 0 bridgehead atoms. The van der Waals surface area contributed by atoms with E-state index in [1.165, 1.54) is 16.7 Å². The number of hydrogen-bond acceptors (Lipinski definition) is 6. The highest BCUT2D eigenvalue weighted by Crippen LogP contribution is 2.34. The largest absolute Gasteiger partial charge is 0.454 e. The van der Waals surface area contributed by atoms with E-state index in [4.69, 9.17) is 26.1 Å². The summed E-state index contributed by atoms with van der Waals surface area (Å²) < 4.78 is 10.8. The van der Waals surface area contributed by atoms with Gasteiger partial charge in [-0.05, 0) is 48.0 Å². The molecule has 0 aromatic heterocycles. The molecule has 0 radical (unpaired) electrons. The molecular formula is C25H20ClN3O4S. The van der Waals surface area contributed by atoms with Crippen LogP contribution in [0.5, 0.6) is 11.5 Å². The number of carbonyl (C=O) groups excluding carboxylic acids is 2. The Balaban J connectivity index is 1.36. The SMILES string of the molecule is O=C1C[C@H](SC(=NCc2ccc3c(c2)OCO3)Nc2ccccc2)C(=O)N1c1cccc(Cl)c1. The zero-order valence-electron chi connectivity index (χ0n) is 17.9. The number of benzene rings is 3. The maximum Gasteiger partial charge on any atom is 0.247 e. The summed E-state index contributed by atoms with van der Waals surface area (Å²) in [7, 11) is 0. The van der Waals surface area contributed by atoms with Crippen molar-refractivity contribution in [2.45, 2.75) is 18.2 Å². The van der Waals surface area contributed by atoms with Gasteiger partial charge in [0.1, 0.15) is 5.25 Å². The number of nitrogens with one attached hydrogen (secondary N) is 1. The molecule has 0 unspecified atom stereocenters. The number of carbonyl (C=O) groups is 2. The number of hydrogen-bond donors (Lipinski definition) is 1. The van der Waals surface area contributed by atoms with Gasteiger partial charge in [0.15, 0.2) is 16.7 Å². The normalized spacial score (nSPS) is 17.4. The monoisotopic (exact) mass is 493 g/mol. The fourth-order valence-corrected chi connectivity index (χ4v) is 4.87. The number of halogens is 1. The number of aliphatic imine (C=N–C) groups is 1. The van der Waals surface area contributed by atoms with Crippen LogP contribution in [-0.2, 0) is 16.1 Å². The predicted molar refractivity (Wildman–Crippen MR) is 134 cm³/mol. The van der Waals surface area contributed by atoms with Crippen LogP contribution in [-0.4, -0.2) is 29.0 Å². The van der Waals surface area contributed by atoms with Gasteiger partial charge in [-0.3, -0.25) is 14.6 Å². The molecule has 1 fully saturated rings. The van der Waals surface area contributed by atoms with Crippen molar-refractivity contribution in [1.29, 1.82) is 0 Å². The van der Waals surface area contributed by atoms with Gasteiger partial charge in [0.25, 0.3) is 0 Å². The van der Waals surface area contributed by atoms with Gasteiger partial charge in [-0.1, -0.05) is 53.7 Å². The van der Waals surface area contributed by atoms with Crippen LogP contribution in [0.3, 0.4) is 0 Å². The Morgan fingerprint density at radius 2 is 1.85 bits per heavy atom. The second-order valence-electron chi connectivity index (χ2n) is 7.66. The van der Waals surface area contributed by atoms with Crippen molar-refractivity contribution in [1.82, 2.24) is 0 Å². The molecule has 2 amide bonds. The minimum absolute atomic E-state index is 0.0789. The molecule has 172 valence electrons. The zero-order chi connectivity index (χ0) is 23.5. The minimum Gasteiger partial charge on any atom is -0.454 e. The van der Waals surface area contributed by atoms with Crippen molar-refractivity contribution in [2.75, 3.05) is 17.0 Å². The van der Waals surface area contributed by atoms with E-state index in [9.17, 15) is 9.59 Å². The first-order valence-corrected chi connectivity index (χ1v) is 11.9. The number of fused-ring (bicyclic) bond motifs is 1. The molecule has 0 aliphatic carbocycles. The summed E-state index contributed by atoms with van der Waals surface area (Å²) in [4.78, 5) is 31.8. The summed E-state index contributed by atoms with van der Waals surface area (Å²) in [6.45, 7) is 0.575. The highest BCUT2D eigenvalue weighted by molar-refractivity contribution is 8.15. The van der Waals surface area contributed by atoms with Gasteiger partial charge in [0.05, 0.1) is 12.2 Å². The Hall–Kier alpha value is -3.49. The lowest BCUT2D eigenvalue weighted by Gasteiger charge is -2.16. The third kappa shape index (κ3) is 4.88. The molecule has 3 aromatic carbocycles. The average Bonchev–Trinajstić information content (AvgIpc) is 3.41. The van der Waals surface area contributed by atoms with Crippen LogP contribution in [0, 0.1) is 0 Å². The van der Waals surface area contributed by atoms with Gasteiger partial charge >= 0.3 is 0 Å². The maximum atomic E-state index is 13.1. The number of anilines is 2. The predicted octanol–water partition coefficient (Wildman–Crippen LogP) is 5.10. The molecule has 34 heavy (non-hydrogen) atoms. The van der Waals surface area contributed by atoms with E-state index in [1.54, 1.807) is 24.3 Å². The minimum atomic E-state index is -0.599. The molecule has 3 aromatic rings. The molecule has 0 spiro atoms. The summed E-state index contributed by atoms with van der Waals surface area (Å²) in [5, 5.41) is 3.69. The molecule has 1 atom stereocenters. The van der Waals surface area contributed by atoms with Gasteiger partial charge in [0.2, 0.25) is 18.6 Å². The lowest BCUT2D eigenvalue weighted by Crippen LogP contribution is -2.31. The van der Waals surface area contributed by atoms with Crippen molar-refractivity contribution in [2.24, 2.45) is 4.99 Å². The third-order valence-corrected chi connectivity index (χ3v) is 6.64. The lowest BCUT2D eigenvalue weighted by molar-refractivity contribution is -0.121. The second kappa shape index (κ2) is 9.79. The number of para-hydroxylation sites is 1. The van der Waals surface area contributed by atoms with Crippen LogP contribution in [0.4, 0.5) is 11.4 Å². The van der Waals surface area contributed by atoms with Crippen LogP contribution in [0.1, 0.15) is 12.0 Å². The Labute approximate surface area is 205 Å². The summed E-state index contributed by atoms with van der Waals surface area (Å²) in [6.07, 6.45) is 0.0789. The van der Waals surface area contributed by atoms with Gasteiger partial charge in [-0.15, -0.1) is 0 Å². The summed E-state index contributed by atoms with van der Waals surface area (Å²) in [5.41, 5.74) is 2.25. The van der Waals surface area contributed by atoms with Gasteiger partial charge in [-0.25, -0.2) is 4.90 Å². The average molecular weight is 494 g/mol. The number of amides is 2. The topological polar surface area (TPSA) is 80.2 Å². The summed E-state index contributed by atoms with van der Waals surface area (Å²) in [5.74, 6) is 0.843. The second-order valence-corrected chi connectivity index (χ2v) is 9.29. The first-order valence-electron chi connectivity index (χ1n) is 10.6. The van der Waals surface area contributed by atoms with E-state index >= 15 is 0 Å². The first kappa shape index (κ1) is 22.3. The number of thioether (sulfide) groups is 1. The molecule has 0 saturated carbocycles. The lowest BCUT2D eigenvalue weighted by atomic mass is 10.2. The molecule has 2 heterocycles. The molecule has 1 saturated heterocycles. The Kier molecular flexibility index (Phi) is 6.42. The molecule has 1 N–H and O–H groups in total. The zero-order valence-corrected chi connectivity index (χ0v) is 19.5. The number of amidine groups is 1. The highest BCUT2D eigenvalue weighted by atomic mass is 35.5. The fraction of sp³-hybridized carbons (Fsp3) is 0.160. The molecule has 9 heteroatoms. The molecule has 2 aliphatic heterocycles. The number of imide groups is 1. The van der Waals surface area contributed by atoms with Gasteiger partial charge < -0.3 is 14.8 Å². The number of rotatable bonds is 5. The van der Waals surface area contributed by atoms with Crippen LogP contribution in [0.2, 0.25) is 5.02 Å². The molecular weight excluding hydrogens is 474 g/mol. The Morgan fingerprint density at radius 3 is 2.68 bits per heavy atom. The smallest absolute Gasteiger partial charge is 0.247 e. The van der Waals surface area contributed by atoms with Crippen molar-refractivity contribution < 1.29 is 19.1 Å². The van der Waals surface area contributed by atoms with Crippen LogP contribution in [0.15, 0.2) is 77.8 Å². The number of nitrogens with zero attached hydrogens (tertiary/aromatic N) is 2. The van der Waals surface area contributed by atoms with E-state index in [2.05, 4.69) is 5.32 Å². The van der Waals surface area contributed by atoms with E-state index in [1.807, 2.05) is 48.5 Å². The first-order chi connectivity index (χ1) is 16.6.